The van der Waals surface area contributed by atoms with Crippen molar-refractivity contribution in [1.82, 2.24) is 10.3 Å². The van der Waals surface area contributed by atoms with Gasteiger partial charge in [0.25, 0.3) is 0 Å². The molecule has 3 rings (SSSR count). The maximum Gasteiger partial charge on any atom is 0.0985 e. The van der Waals surface area contributed by atoms with Crippen molar-refractivity contribution in [2.75, 3.05) is 0 Å². The Morgan fingerprint density at radius 2 is 1.68 bits per heavy atom. The molecule has 0 unspecified atom stereocenters. The summed E-state index contributed by atoms with van der Waals surface area (Å²) in [5.41, 5.74) is 1.99. The summed E-state index contributed by atoms with van der Waals surface area (Å²) in [6.45, 7) is 0. The van der Waals surface area contributed by atoms with Crippen LogP contribution in [-0.2, 0) is 0 Å². The number of benzene rings is 1. The molecule has 0 saturated heterocycles. The summed E-state index contributed by atoms with van der Waals surface area (Å²) >= 11 is 0. The second-order valence-electron chi connectivity index (χ2n) is 6.12. The van der Waals surface area contributed by atoms with Crippen LogP contribution >= 0.6 is 0 Å². The van der Waals surface area contributed by atoms with E-state index in [4.69, 9.17) is 0 Å². The molecule has 1 aromatic heterocycles. The molecule has 3 nitrogen and oxygen atoms in total. The average molecular weight is 296 g/mol. The van der Waals surface area contributed by atoms with E-state index in [1.54, 1.807) is 6.20 Å². The molecule has 1 aromatic carbocycles. The van der Waals surface area contributed by atoms with Gasteiger partial charge in [-0.1, -0.05) is 55.7 Å². The first-order valence-corrected chi connectivity index (χ1v) is 8.23. The lowest BCUT2D eigenvalue weighted by Gasteiger charge is -2.31. The van der Waals surface area contributed by atoms with Crippen molar-refractivity contribution in [2.24, 2.45) is 0 Å². The zero-order valence-electron chi connectivity index (χ0n) is 12.9. The second-order valence-corrected chi connectivity index (χ2v) is 6.12. The Kier molecular flexibility index (Phi) is 5.20. The van der Waals surface area contributed by atoms with E-state index in [1.807, 2.05) is 48.7 Å². The highest BCUT2D eigenvalue weighted by molar-refractivity contribution is 5.24. The lowest BCUT2D eigenvalue weighted by Crippen LogP contribution is -2.37. The Balaban J connectivity index is 1.82. The summed E-state index contributed by atoms with van der Waals surface area (Å²) in [5.74, 6) is 0. The van der Waals surface area contributed by atoms with Crippen molar-refractivity contribution in [3.63, 3.8) is 0 Å². The van der Waals surface area contributed by atoms with Gasteiger partial charge in [-0.15, -0.1) is 0 Å². The molecule has 1 saturated carbocycles. The molecule has 2 aromatic rings. The van der Waals surface area contributed by atoms with Crippen LogP contribution in [0.25, 0.3) is 0 Å². The van der Waals surface area contributed by atoms with E-state index in [1.165, 1.54) is 32.1 Å². The Bertz CT molecular complexity index is 552. The van der Waals surface area contributed by atoms with Crippen molar-refractivity contribution < 1.29 is 5.11 Å². The number of pyridine rings is 1. The van der Waals surface area contributed by atoms with Gasteiger partial charge in [0.05, 0.1) is 12.1 Å². The van der Waals surface area contributed by atoms with Crippen LogP contribution in [0.4, 0.5) is 0 Å². The molecule has 0 spiro atoms. The third kappa shape index (κ3) is 3.73. The highest BCUT2D eigenvalue weighted by Gasteiger charge is 2.26. The molecule has 2 N–H and O–H groups in total. The van der Waals surface area contributed by atoms with E-state index in [0.717, 1.165) is 11.1 Å². The average Bonchev–Trinajstić information content (AvgIpc) is 2.61. The summed E-state index contributed by atoms with van der Waals surface area (Å²) in [7, 11) is 0. The normalized spacial score (nSPS) is 18.8. The van der Waals surface area contributed by atoms with Gasteiger partial charge in [0.2, 0.25) is 0 Å². The molecular weight excluding hydrogens is 272 g/mol. The fourth-order valence-electron chi connectivity index (χ4n) is 3.30. The van der Waals surface area contributed by atoms with Gasteiger partial charge >= 0.3 is 0 Å². The van der Waals surface area contributed by atoms with E-state index < -0.39 is 6.10 Å². The third-order valence-electron chi connectivity index (χ3n) is 4.52. The number of nitrogens with zero attached hydrogens (tertiary/aromatic N) is 1. The number of aromatic nitrogens is 1. The Morgan fingerprint density at radius 1 is 0.955 bits per heavy atom. The molecule has 0 amide bonds. The van der Waals surface area contributed by atoms with E-state index >= 15 is 0 Å². The summed E-state index contributed by atoms with van der Waals surface area (Å²) in [4.78, 5) is 4.22. The number of nitrogens with one attached hydrogen (secondary N) is 1. The van der Waals surface area contributed by atoms with Crippen molar-refractivity contribution in [3.05, 3.63) is 66.0 Å². The quantitative estimate of drug-likeness (QED) is 0.882. The number of rotatable bonds is 5. The molecule has 22 heavy (non-hydrogen) atoms. The van der Waals surface area contributed by atoms with Gasteiger partial charge in [0, 0.05) is 18.4 Å². The third-order valence-corrected chi connectivity index (χ3v) is 4.52. The van der Waals surface area contributed by atoms with Crippen LogP contribution < -0.4 is 5.32 Å². The first kappa shape index (κ1) is 15.2. The first-order chi connectivity index (χ1) is 10.8. The second kappa shape index (κ2) is 7.52. The smallest absolute Gasteiger partial charge is 0.0985 e. The Labute approximate surface area is 132 Å². The van der Waals surface area contributed by atoms with E-state index in [0.29, 0.717) is 6.04 Å². The minimum Gasteiger partial charge on any atom is -0.386 e. The lowest BCUT2D eigenvalue weighted by molar-refractivity contribution is 0.117. The number of hydrogen-bond acceptors (Lipinski definition) is 3. The maximum atomic E-state index is 10.9. The SMILES string of the molecule is O[C@H](c1ccccc1)[C@H](NC1CCCCC1)c1cccnc1. The van der Waals surface area contributed by atoms with Crippen LogP contribution in [0.15, 0.2) is 54.9 Å². The molecule has 0 aliphatic heterocycles. The predicted octanol–water partition coefficient (Wildman–Crippen LogP) is 3.78. The van der Waals surface area contributed by atoms with Crippen molar-refractivity contribution in [2.45, 2.75) is 50.3 Å². The molecule has 1 aliphatic carbocycles. The first-order valence-electron chi connectivity index (χ1n) is 8.23. The van der Waals surface area contributed by atoms with E-state index in [-0.39, 0.29) is 6.04 Å². The summed E-state index contributed by atoms with van der Waals surface area (Å²) in [6, 6.07) is 14.2. The van der Waals surface area contributed by atoms with Crippen LogP contribution in [0.3, 0.4) is 0 Å². The highest BCUT2D eigenvalue weighted by Crippen LogP contribution is 2.30. The number of hydrogen-bond donors (Lipinski definition) is 2. The summed E-state index contributed by atoms with van der Waals surface area (Å²) < 4.78 is 0. The topological polar surface area (TPSA) is 45.1 Å². The van der Waals surface area contributed by atoms with Crippen LogP contribution in [0.2, 0.25) is 0 Å². The van der Waals surface area contributed by atoms with Gasteiger partial charge in [-0.25, -0.2) is 0 Å². The zero-order valence-corrected chi connectivity index (χ0v) is 12.9. The van der Waals surface area contributed by atoms with Crippen molar-refractivity contribution in [3.8, 4) is 0 Å². The van der Waals surface area contributed by atoms with Gasteiger partial charge in [-0.05, 0) is 30.0 Å². The molecule has 0 radical (unpaired) electrons. The van der Waals surface area contributed by atoms with Crippen molar-refractivity contribution in [1.29, 1.82) is 0 Å². The molecule has 1 heterocycles. The fourth-order valence-corrected chi connectivity index (χ4v) is 3.30. The van der Waals surface area contributed by atoms with Crippen LogP contribution in [0.5, 0.6) is 0 Å². The molecule has 3 heteroatoms. The van der Waals surface area contributed by atoms with Crippen LogP contribution in [-0.4, -0.2) is 16.1 Å². The van der Waals surface area contributed by atoms with Gasteiger partial charge in [-0.3, -0.25) is 4.98 Å². The zero-order chi connectivity index (χ0) is 15.2. The molecule has 2 atom stereocenters. The monoisotopic (exact) mass is 296 g/mol. The maximum absolute atomic E-state index is 10.9. The Morgan fingerprint density at radius 3 is 2.36 bits per heavy atom. The Hall–Kier alpha value is -1.71. The summed E-state index contributed by atoms with van der Waals surface area (Å²) in [6.07, 6.45) is 9.33. The van der Waals surface area contributed by atoms with Gasteiger partial charge in [0.15, 0.2) is 0 Å². The predicted molar refractivity (Wildman–Crippen MR) is 88.4 cm³/mol. The largest absolute Gasteiger partial charge is 0.386 e. The van der Waals surface area contributed by atoms with Crippen LogP contribution in [0.1, 0.15) is 55.4 Å². The van der Waals surface area contributed by atoms with Gasteiger partial charge < -0.3 is 10.4 Å². The molecule has 1 aliphatic rings. The summed E-state index contributed by atoms with van der Waals surface area (Å²) in [5, 5.41) is 14.6. The lowest BCUT2D eigenvalue weighted by atomic mass is 9.91. The molecule has 0 bridgehead atoms. The minimum absolute atomic E-state index is 0.112. The van der Waals surface area contributed by atoms with E-state index in [2.05, 4.69) is 10.3 Å². The van der Waals surface area contributed by atoms with E-state index in [9.17, 15) is 5.11 Å². The van der Waals surface area contributed by atoms with Crippen molar-refractivity contribution >= 4 is 0 Å². The highest BCUT2D eigenvalue weighted by atomic mass is 16.3. The minimum atomic E-state index is -0.563. The number of aliphatic hydroxyl groups is 1. The standard InChI is InChI=1S/C19H24N2O/c22-19(15-8-3-1-4-9-15)18(16-10-7-13-20-14-16)21-17-11-5-2-6-12-17/h1,3-4,7-10,13-14,17-19,21-22H,2,5-6,11-12H2/t18-,19-/m1/s1. The van der Waals surface area contributed by atoms with Gasteiger partial charge in [-0.2, -0.15) is 0 Å². The fraction of sp³-hybridized carbons (Fsp3) is 0.421. The molecule has 1 fully saturated rings. The van der Waals surface area contributed by atoms with Gasteiger partial charge in [0.1, 0.15) is 0 Å². The van der Waals surface area contributed by atoms with Crippen LogP contribution in [0, 0.1) is 0 Å². The number of aliphatic hydroxyl groups excluding tert-OH is 1. The molecule has 116 valence electrons. The molecular formula is C19H24N2O.